The summed E-state index contributed by atoms with van der Waals surface area (Å²) in [4.78, 5) is 81.8. The summed E-state index contributed by atoms with van der Waals surface area (Å²) in [6, 6.07) is 6.40. The lowest BCUT2D eigenvalue weighted by Crippen LogP contribution is -2.69. The van der Waals surface area contributed by atoms with Gasteiger partial charge >= 0.3 is 12.1 Å². The minimum Gasteiger partial charge on any atom is -0.444 e. The van der Waals surface area contributed by atoms with Crippen LogP contribution in [0.15, 0.2) is 30.3 Å². The smallest absolute Gasteiger partial charge is 0.417 e. The number of imide groups is 1. The van der Waals surface area contributed by atoms with Crippen molar-refractivity contribution in [3.05, 3.63) is 35.9 Å². The number of ether oxygens (including phenoxy) is 1. The molecule has 3 N–H and O–H groups in total. The first kappa shape index (κ1) is 32.8. The first-order valence-corrected chi connectivity index (χ1v) is 17.1. The summed E-state index contributed by atoms with van der Waals surface area (Å²) in [5.74, 6) is -1.11. The number of carbonyl (C=O) groups is 5. The molecule has 5 atom stereocenters. The highest BCUT2D eigenvalue weighted by atomic mass is 32.2. The number of hydrogen-bond donors (Lipinski definition) is 3. The van der Waals surface area contributed by atoms with Gasteiger partial charge in [0.25, 0.3) is 5.91 Å². The second-order valence-corrected chi connectivity index (χ2v) is 13.5. The molecular formula is C30H39N4O7S2. The van der Waals surface area contributed by atoms with Crippen LogP contribution in [0.4, 0.5) is 9.59 Å². The van der Waals surface area contributed by atoms with Crippen molar-refractivity contribution in [2.75, 3.05) is 17.8 Å². The summed E-state index contributed by atoms with van der Waals surface area (Å²) >= 11 is 2.82. The monoisotopic (exact) mass is 631 g/mol. The number of nitrogens with one attached hydrogen (secondary N) is 3. The van der Waals surface area contributed by atoms with E-state index >= 15 is 0 Å². The predicted molar refractivity (Wildman–Crippen MR) is 164 cm³/mol. The summed E-state index contributed by atoms with van der Waals surface area (Å²) in [6.45, 7) is 1.74. The molecule has 3 heterocycles. The maximum absolute atomic E-state index is 14.7. The van der Waals surface area contributed by atoms with Crippen LogP contribution in [0.25, 0.3) is 0 Å². The van der Waals surface area contributed by atoms with Crippen LogP contribution in [0.2, 0.25) is 0 Å². The van der Waals surface area contributed by atoms with Crippen molar-refractivity contribution < 1.29 is 33.5 Å². The number of urea groups is 1. The van der Waals surface area contributed by atoms with E-state index in [-0.39, 0.29) is 37.9 Å². The van der Waals surface area contributed by atoms with E-state index in [0.717, 1.165) is 0 Å². The Balaban J connectivity index is 1.74. The Morgan fingerprint density at radius 3 is 2.65 bits per heavy atom. The van der Waals surface area contributed by atoms with Crippen molar-refractivity contribution in [2.24, 2.45) is 0 Å². The van der Waals surface area contributed by atoms with Crippen LogP contribution < -0.4 is 16.0 Å². The molecule has 3 saturated heterocycles. The van der Waals surface area contributed by atoms with E-state index < -0.39 is 46.1 Å². The van der Waals surface area contributed by atoms with Gasteiger partial charge in [-0.25, -0.2) is 14.5 Å². The third-order valence-electron chi connectivity index (χ3n) is 8.35. The molecule has 4 rings (SSSR count). The van der Waals surface area contributed by atoms with Gasteiger partial charge in [-0.05, 0) is 43.3 Å². The van der Waals surface area contributed by atoms with Crippen LogP contribution in [0, 0.1) is 0 Å². The van der Waals surface area contributed by atoms with Crippen molar-refractivity contribution in [2.45, 2.75) is 93.3 Å². The van der Waals surface area contributed by atoms with Gasteiger partial charge in [-0.2, -0.15) is 11.8 Å². The summed E-state index contributed by atoms with van der Waals surface area (Å²) in [5, 5.41) is 8.56. The van der Waals surface area contributed by atoms with Gasteiger partial charge in [0, 0.05) is 12.2 Å². The van der Waals surface area contributed by atoms with Crippen molar-refractivity contribution in [3.8, 4) is 0 Å². The Kier molecular flexibility index (Phi) is 11.2. The van der Waals surface area contributed by atoms with Crippen LogP contribution in [0.1, 0.15) is 63.9 Å². The summed E-state index contributed by atoms with van der Waals surface area (Å²) in [5.41, 5.74) is -1.42. The maximum atomic E-state index is 14.7. The number of carbonyl (C=O) groups excluding carboxylic acids is 6. The standard InChI is InChI=1S/C30H39N4O7S2/c1-3-4-14-29(23(36)12-8-9-15-30(25(37)33-29)24-22(19-43-30)31-27(39)32-24)26(38)34(21(17-35)13-16-42-2)28(40)41-18-20-10-6-5-7-11-20/h5-7,10-11,21-22,24H,3-4,8-9,12-16,18-19H2,1-2H3,(H,33,37)(H2,31,32,39)/t21-,22-,24-,29?,30-/m0/s1. The second-order valence-electron chi connectivity index (χ2n) is 11.1. The van der Waals surface area contributed by atoms with Crippen molar-refractivity contribution >= 4 is 59.5 Å². The van der Waals surface area contributed by atoms with Gasteiger partial charge in [-0.15, -0.1) is 11.8 Å². The number of Topliss-reactive ketones (excluding diaryl/α,β-unsaturated/α-hetero) is 1. The van der Waals surface area contributed by atoms with E-state index in [2.05, 4.69) is 16.0 Å². The Morgan fingerprint density at radius 2 is 1.95 bits per heavy atom. The topological polar surface area (TPSA) is 151 Å². The van der Waals surface area contributed by atoms with Gasteiger partial charge in [0.05, 0.1) is 12.1 Å². The first-order valence-electron chi connectivity index (χ1n) is 14.7. The highest BCUT2D eigenvalue weighted by molar-refractivity contribution is 8.01. The van der Waals surface area contributed by atoms with Crippen LogP contribution in [0.5, 0.6) is 0 Å². The molecule has 233 valence electrons. The number of rotatable bonds is 11. The molecule has 0 saturated carbocycles. The molecule has 5 amide bonds. The third kappa shape index (κ3) is 6.87. The number of amides is 5. The molecule has 43 heavy (non-hydrogen) atoms. The highest BCUT2D eigenvalue weighted by Crippen LogP contribution is 2.45. The molecule has 1 aromatic carbocycles. The van der Waals surface area contributed by atoms with E-state index in [1.165, 1.54) is 23.5 Å². The lowest BCUT2D eigenvalue weighted by molar-refractivity contribution is -0.149. The number of unbranched alkanes of at least 4 members (excludes halogenated alkanes) is 1. The zero-order valence-corrected chi connectivity index (χ0v) is 26.2. The van der Waals surface area contributed by atoms with Crippen LogP contribution >= 0.6 is 23.5 Å². The molecule has 0 bridgehead atoms. The Bertz CT molecular complexity index is 1220. The van der Waals surface area contributed by atoms with Gasteiger partial charge in [0.1, 0.15) is 17.4 Å². The molecule has 13 heteroatoms. The minimum atomic E-state index is -2.10. The molecule has 3 aliphatic rings. The number of hydrogen-bond acceptors (Lipinski definition) is 9. The van der Waals surface area contributed by atoms with E-state index in [0.29, 0.717) is 54.1 Å². The molecule has 11 nitrogen and oxygen atoms in total. The molecular weight excluding hydrogens is 592 g/mol. The number of nitrogens with zero attached hydrogens (tertiary/aromatic N) is 1. The van der Waals surface area contributed by atoms with Gasteiger partial charge in [-0.1, -0.05) is 56.5 Å². The maximum Gasteiger partial charge on any atom is 0.417 e. The molecule has 0 aromatic heterocycles. The Hall–Kier alpha value is -3.06. The largest absolute Gasteiger partial charge is 0.444 e. The van der Waals surface area contributed by atoms with E-state index in [1.54, 1.807) is 24.3 Å². The normalized spacial score (nSPS) is 27.5. The average Bonchev–Trinajstić information content (AvgIpc) is 3.56. The van der Waals surface area contributed by atoms with E-state index in [4.69, 9.17) is 4.74 Å². The minimum absolute atomic E-state index is 0.00235. The first-order chi connectivity index (χ1) is 20.7. The van der Waals surface area contributed by atoms with Gasteiger partial charge < -0.3 is 20.7 Å². The fourth-order valence-corrected chi connectivity index (χ4v) is 8.07. The lowest BCUT2D eigenvalue weighted by Gasteiger charge is -2.40. The number of thioether (sulfide) groups is 2. The molecule has 3 aliphatic heterocycles. The molecule has 1 unspecified atom stereocenters. The van der Waals surface area contributed by atoms with Gasteiger partial charge in [0.2, 0.25) is 12.2 Å². The van der Waals surface area contributed by atoms with Crippen molar-refractivity contribution in [1.82, 2.24) is 20.9 Å². The zero-order valence-electron chi connectivity index (χ0n) is 24.5. The fraction of sp³-hybridized carbons (Fsp3) is 0.600. The van der Waals surface area contributed by atoms with E-state index in [9.17, 15) is 28.8 Å². The predicted octanol–water partition coefficient (Wildman–Crippen LogP) is 3.11. The molecule has 1 spiro atoms. The summed E-state index contributed by atoms with van der Waals surface area (Å²) in [6.07, 6.45) is 4.97. The molecule has 3 fully saturated rings. The summed E-state index contributed by atoms with van der Waals surface area (Å²) in [7, 11) is 0. The average molecular weight is 632 g/mol. The SMILES string of the molecule is CCCCC1(C(=O)N(C(=O)OCc2ccccc2)[C@H]([C]=O)CCSC)NC(=O)[C@@]2(CCCCC1=O)SC[C@@H]1NC(=O)N[C@@H]12. The fourth-order valence-electron chi connectivity index (χ4n) is 5.99. The van der Waals surface area contributed by atoms with Crippen molar-refractivity contribution in [3.63, 3.8) is 0 Å². The quantitative estimate of drug-likeness (QED) is 0.247. The second kappa shape index (κ2) is 14.6. The van der Waals surface area contributed by atoms with Gasteiger partial charge in [-0.3, -0.25) is 19.2 Å². The number of benzene rings is 1. The summed E-state index contributed by atoms with van der Waals surface area (Å²) < 4.78 is 4.40. The van der Waals surface area contributed by atoms with Crippen LogP contribution in [-0.2, 0) is 30.5 Å². The number of fused-ring (bicyclic) bond motifs is 2. The van der Waals surface area contributed by atoms with Crippen LogP contribution in [-0.4, -0.2) is 87.1 Å². The Labute approximate surface area is 260 Å². The molecule has 1 radical (unpaired) electrons. The lowest BCUT2D eigenvalue weighted by atomic mass is 9.83. The molecule has 1 aromatic rings. The highest BCUT2D eigenvalue weighted by Gasteiger charge is 2.61. The third-order valence-corrected chi connectivity index (χ3v) is 10.7. The van der Waals surface area contributed by atoms with E-state index in [1.807, 2.05) is 25.5 Å². The molecule has 0 aliphatic carbocycles. The Morgan fingerprint density at radius 1 is 1.19 bits per heavy atom. The van der Waals surface area contributed by atoms with Crippen molar-refractivity contribution in [1.29, 1.82) is 0 Å². The van der Waals surface area contributed by atoms with Gasteiger partial charge in [0.15, 0.2) is 11.3 Å². The number of ketones is 1. The zero-order chi connectivity index (χ0) is 31.0. The van der Waals surface area contributed by atoms with Crippen LogP contribution in [0.3, 0.4) is 0 Å².